The van der Waals surface area contributed by atoms with Gasteiger partial charge in [-0.05, 0) is 51.5 Å². The lowest BCUT2D eigenvalue weighted by atomic mass is 10.2. The van der Waals surface area contributed by atoms with Crippen molar-refractivity contribution in [2.75, 3.05) is 30.8 Å². The molecule has 0 atom stereocenters. The van der Waals surface area contributed by atoms with Crippen LogP contribution in [0.4, 0.5) is 16.2 Å². The molecule has 0 aliphatic carbocycles. The molecule has 4 N–H and O–H groups in total. The number of rotatable bonds is 8. The van der Waals surface area contributed by atoms with Crippen molar-refractivity contribution in [2.24, 2.45) is 4.99 Å². The number of nitrogens with zero attached hydrogens (tertiary/aromatic N) is 2. The Kier molecular flexibility index (Phi) is 11.6. The van der Waals surface area contributed by atoms with Gasteiger partial charge < -0.3 is 20.7 Å². The molecule has 1 aromatic carbocycles. The summed E-state index contributed by atoms with van der Waals surface area (Å²) in [6.45, 7) is 15.9. The van der Waals surface area contributed by atoms with Gasteiger partial charge >= 0.3 is 6.09 Å². The molecule has 9 heteroatoms. The second-order valence-corrected chi connectivity index (χ2v) is 7.97. The highest BCUT2D eigenvalue weighted by Crippen LogP contribution is 2.22. The van der Waals surface area contributed by atoms with Gasteiger partial charge in [0, 0.05) is 27.8 Å². The van der Waals surface area contributed by atoms with Crippen molar-refractivity contribution in [3.63, 3.8) is 0 Å². The third kappa shape index (κ3) is 9.11. The summed E-state index contributed by atoms with van der Waals surface area (Å²) in [4.78, 5) is 29.0. The second-order valence-electron chi connectivity index (χ2n) is 7.97. The molecule has 188 valence electrons. The Hall–Kier alpha value is -3.59. The SMILES string of the molecule is C=C/C(C)=C1\N=C(C(=O)Nc2ccccc2NCCNC(=O)OC(C)(C)C)C=CN1NC.CC.[HH]. The van der Waals surface area contributed by atoms with Gasteiger partial charge in [-0.15, -0.1) is 0 Å². The standard InChI is InChI=1S/C23H32N6O3.C2H6.H2/c1-7-16(2)20-27-19(12-15-29(20)24-6)21(30)28-18-11-9-8-10-17(18)25-13-14-26-22(31)32-23(3,4)5;1-2;/h7-12,15,24-25H,1,13-14H2,2-6H3,(H,26,31)(H,28,30);1-2H3;1H/b20-16+;;. The number of nitrogens with one attached hydrogen (secondary N) is 4. The first-order valence-electron chi connectivity index (χ1n) is 11.3. The number of hydrazine groups is 1. The summed E-state index contributed by atoms with van der Waals surface area (Å²) >= 11 is 0. The molecule has 9 nitrogen and oxygen atoms in total. The zero-order valence-electron chi connectivity index (χ0n) is 21.3. The quantitative estimate of drug-likeness (QED) is 0.410. The van der Waals surface area contributed by atoms with E-state index in [0.29, 0.717) is 24.6 Å². The Balaban J connectivity index is 0.00000375. The van der Waals surface area contributed by atoms with Crippen LogP contribution in [0.3, 0.4) is 0 Å². The summed E-state index contributed by atoms with van der Waals surface area (Å²) in [5, 5.41) is 10.5. The maximum absolute atomic E-state index is 12.8. The fourth-order valence-corrected chi connectivity index (χ4v) is 2.71. The van der Waals surface area contributed by atoms with Crippen LogP contribution >= 0.6 is 0 Å². The third-order valence-electron chi connectivity index (χ3n) is 4.25. The average Bonchev–Trinajstić information content (AvgIpc) is 2.82. The summed E-state index contributed by atoms with van der Waals surface area (Å²) in [5.41, 5.74) is 4.87. The summed E-state index contributed by atoms with van der Waals surface area (Å²) in [5.74, 6) is 0.252. The predicted molar refractivity (Wildman–Crippen MR) is 142 cm³/mol. The number of carbonyl (C=O) groups is 2. The first-order chi connectivity index (χ1) is 16.1. The van der Waals surface area contributed by atoms with E-state index >= 15 is 0 Å². The number of anilines is 2. The van der Waals surface area contributed by atoms with E-state index in [-0.39, 0.29) is 13.0 Å². The van der Waals surface area contributed by atoms with Gasteiger partial charge in [-0.1, -0.05) is 38.6 Å². The van der Waals surface area contributed by atoms with E-state index in [9.17, 15) is 9.59 Å². The van der Waals surface area contributed by atoms with E-state index in [1.165, 1.54) is 0 Å². The molecule has 1 aromatic rings. The van der Waals surface area contributed by atoms with Crippen molar-refractivity contribution < 1.29 is 15.8 Å². The van der Waals surface area contributed by atoms with Gasteiger partial charge in [-0.25, -0.2) is 15.2 Å². The van der Waals surface area contributed by atoms with Crippen LogP contribution in [0, 0.1) is 0 Å². The second kappa shape index (κ2) is 13.8. The number of benzene rings is 1. The minimum atomic E-state index is -0.547. The number of allylic oxidation sites excluding steroid dienone is 2. The molecule has 1 heterocycles. The highest BCUT2D eigenvalue weighted by atomic mass is 16.6. The molecule has 1 aliphatic heterocycles. The molecule has 0 aromatic heterocycles. The van der Waals surface area contributed by atoms with Crippen LogP contribution in [-0.4, -0.2) is 48.5 Å². The molecular formula is C25H40N6O3. The van der Waals surface area contributed by atoms with Crippen LogP contribution in [0.5, 0.6) is 0 Å². The minimum absolute atomic E-state index is 0. The van der Waals surface area contributed by atoms with Gasteiger partial charge in [0.25, 0.3) is 5.91 Å². The lowest BCUT2D eigenvalue weighted by Gasteiger charge is -2.24. The lowest BCUT2D eigenvalue weighted by Crippen LogP contribution is -2.35. The van der Waals surface area contributed by atoms with Crippen LogP contribution in [0.25, 0.3) is 0 Å². The zero-order chi connectivity index (χ0) is 25.7. The van der Waals surface area contributed by atoms with Gasteiger partial charge in [0.05, 0.1) is 11.4 Å². The highest BCUT2D eigenvalue weighted by molar-refractivity contribution is 6.47. The summed E-state index contributed by atoms with van der Waals surface area (Å²) in [6, 6.07) is 7.32. The molecular weight excluding hydrogens is 432 g/mol. The fourth-order valence-electron chi connectivity index (χ4n) is 2.71. The number of alkyl carbamates (subject to hydrolysis) is 1. The molecule has 0 saturated heterocycles. The zero-order valence-corrected chi connectivity index (χ0v) is 21.3. The van der Waals surface area contributed by atoms with E-state index in [4.69, 9.17) is 4.74 Å². The molecule has 2 amide bonds. The molecule has 1 aliphatic rings. The minimum Gasteiger partial charge on any atom is -0.444 e. The number of amides is 2. The third-order valence-corrected chi connectivity index (χ3v) is 4.25. The topological polar surface area (TPSA) is 107 Å². The average molecular weight is 473 g/mol. The molecule has 0 spiro atoms. The first-order valence-corrected chi connectivity index (χ1v) is 11.3. The molecule has 0 unspecified atom stereocenters. The predicted octanol–water partition coefficient (Wildman–Crippen LogP) is 4.66. The van der Waals surface area contributed by atoms with Gasteiger partial charge in [-0.3, -0.25) is 9.80 Å². The molecule has 0 radical (unpaired) electrons. The number of aliphatic imine (C=N–C) groups is 1. The number of hydrogen-bond donors (Lipinski definition) is 4. The van der Waals surface area contributed by atoms with E-state index in [1.807, 2.05) is 59.7 Å². The number of para-hydroxylation sites is 2. The number of carbonyl (C=O) groups excluding carboxylic acids is 2. The van der Waals surface area contributed by atoms with Crippen LogP contribution in [0.15, 0.2) is 65.6 Å². The monoisotopic (exact) mass is 472 g/mol. The first kappa shape index (κ1) is 28.4. The van der Waals surface area contributed by atoms with Crippen LogP contribution in [0.2, 0.25) is 0 Å². The van der Waals surface area contributed by atoms with Crippen LogP contribution < -0.4 is 21.4 Å². The molecule has 2 rings (SSSR count). The summed E-state index contributed by atoms with van der Waals surface area (Å²) in [7, 11) is 1.76. The fraction of sp³-hybridized carbons (Fsp3) is 0.400. The summed E-state index contributed by atoms with van der Waals surface area (Å²) < 4.78 is 5.21. The van der Waals surface area contributed by atoms with Gasteiger partial charge in [0.1, 0.15) is 11.3 Å². The maximum Gasteiger partial charge on any atom is 0.407 e. The van der Waals surface area contributed by atoms with Crippen molar-refractivity contribution >= 4 is 29.1 Å². The Morgan fingerprint density at radius 1 is 1.18 bits per heavy atom. The highest BCUT2D eigenvalue weighted by Gasteiger charge is 2.19. The molecule has 34 heavy (non-hydrogen) atoms. The Morgan fingerprint density at radius 3 is 2.41 bits per heavy atom. The van der Waals surface area contributed by atoms with Crippen LogP contribution in [-0.2, 0) is 9.53 Å². The largest absolute Gasteiger partial charge is 0.444 e. The lowest BCUT2D eigenvalue weighted by molar-refractivity contribution is -0.110. The maximum atomic E-state index is 12.8. The van der Waals surface area contributed by atoms with E-state index in [2.05, 4.69) is 32.9 Å². The van der Waals surface area contributed by atoms with E-state index in [1.54, 1.807) is 36.5 Å². The van der Waals surface area contributed by atoms with Crippen molar-refractivity contribution in [2.45, 2.75) is 47.1 Å². The molecule has 0 fully saturated rings. The molecule has 0 saturated carbocycles. The Labute approximate surface area is 204 Å². The number of ether oxygens (including phenoxy) is 1. The normalized spacial score (nSPS) is 14.2. The van der Waals surface area contributed by atoms with Gasteiger partial charge in [0.15, 0.2) is 5.82 Å². The molecule has 0 bridgehead atoms. The van der Waals surface area contributed by atoms with Crippen molar-refractivity contribution in [3.8, 4) is 0 Å². The van der Waals surface area contributed by atoms with Crippen LogP contribution in [0.1, 0.15) is 43.0 Å². The van der Waals surface area contributed by atoms with Crippen molar-refractivity contribution in [1.82, 2.24) is 15.8 Å². The van der Waals surface area contributed by atoms with Crippen molar-refractivity contribution in [3.05, 3.63) is 60.6 Å². The number of hydrogen-bond acceptors (Lipinski definition) is 7. The van der Waals surface area contributed by atoms with E-state index in [0.717, 1.165) is 11.3 Å². The van der Waals surface area contributed by atoms with Gasteiger partial charge in [-0.2, -0.15) is 0 Å². The Morgan fingerprint density at radius 2 is 1.82 bits per heavy atom. The van der Waals surface area contributed by atoms with E-state index < -0.39 is 11.7 Å². The smallest absolute Gasteiger partial charge is 0.407 e. The van der Waals surface area contributed by atoms with Gasteiger partial charge in [0.2, 0.25) is 0 Å². The van der Waals surface area contributed by atoms with Crippen molar-refractivity contribution in [1.29, 1.82) is 0 Å². The summed E-state index contributed by atoms with van der Waals surface area (Å²) in [6.07, 6.45) is 4.57. The Bertz CT molecular complexity index is 951.